The van der Waals surface area contributed by atoms with Crippen molar-refractivity contribution in [2.75, 3.05) is 13.7 Å². The molecule has 10 heteroatoms. The molecule has 1 N–H and O–H groups in total. The van der Waals surface area contributed by atoms with Gasteiger partial charge in [-0.05, 0) is 47.1 Å². The first-order valence-electron chi connectivity index (χ1n) is 19.8. The predicted octanol–water partition coefficient (Wildman–Crippen LogP) is 8.37. The highest BCUT2D eigenvalue weighted by molar-refractivity contribution is 5.81. The lowest BCUT2D eigenvalue weighted by Crippen LogP contribution is -2.61. The molecular formula is C48H53NO9. The molecule has 6 atom stereocenters. The van der Waals surface area contributed by atoms with Crippen molar-refractivity contribution in [2.24, 2.45) is 0 Å². The first-order chi connectivity index (χ1) is 28.6. The van der Waals surface area contributed by atoms with Crippen molar-refractivity contribution in [2.45, 2.75) is 88.9 Å². The Balaban J connectivity index is 1.24. The monoisotopic (exact) mass is 787 g/mol. The Morgan fingerprint density at radius 1 is 0.552 bits per heavy atom. The molecule has 10 nitrogen and oxygen atoms in total. The maximum Gasteiger partial charge on any atom is 0.408 e. The van der Waals surface area contributed by atoms with E-state index in [1.807, 2.05) is 152 Å². The molecule has 1 heterocycles. The number of carbonyl (C=O) groups excluding carboxylic acids is 2. The minimum atomic E-state index is -0.933. The zero-order chi connectivity index (χ0) is 40.2. The SMILES string of the molecule is COC(=O)[C@H](CCC[C@H]1O[C@H](COCc2ccccc2)[C@@H](OCc2ccccc2)[C@H](OCc2ccccc2)[C@H]1OCc1ccccc1)NC(=O)OCc1ccccc1. The Morgan fingerprint density at radius 3 is 1.43 bits per heavy atom. The largest absolute Gasteiger partial charge is 0.467 e. The number of alkyl carbamates (subject to hydrolysis) is 1. The third-order valence-corrected chi connectivity index (χ3v) is 9.95. The Hall–Kier alpha value is -5.36. The Morgan fingerprint density at radius 2 is 0.966 bits per heavy atom. The highest BCUT2D eigenvalue weighted by Crippen LogP contribution is 2.33. The van der Waals surface area contributed by atoms with Crippen LogP contribution in [0.25, 0.3) is 0 Å². The summed E-state index contributed by atoms with van der Waals surface area (Å²) in [5.41, 5.74) is 4.90. The van der Waals surface area contributed by atoms with Crippen molar-refractivity contribution in [3.05, 3.63) is 179 Å². The van der Waals surface area contributed by atoms with E-state index in [9.17, 15) is 9.59 Å². The summed E-state index contributed by atoms with van der Waals surface area (Å²) in [6, 6.07) is 48.4. The molecule has 1 amide bonds. The Kier molecular flexibility index (Phi) is 16.9. The van der Waals surface area contributed by atoms with Gasteiger partial charge in [-0.2, -0.15) is 0 Å². The maximum absolute atomic E-state index is 12.9. The van der Waals surface area contributed by atoms with Gasteiger partial charge in [0, 0.05) is 0 Å². The van der Waals surface area contributed by atoms with Gasteiger partial charge in [0.15, 0.2) is 0 Å². The number of carbonyl (C=O) groups is 2. The molecule has 0 saturated carbocycles. The summed E-state index contributed by atoms with van der Waals surface area (Å²) in [5.74, 6) is -0.566. The highest BCUT2D eigenvalue weighted by atomic mass is 16.6. The van der Waals surface area contributed by atoms with E-state index in [0.717, 1.165) is 27.8 Å². The van der Waals surface area contributed by atoms with Crippen LogP contribution in [0.5, 0.6) is 0 Å². The third-order valence-electron chi connectivity index (χ3n) is 9.95. The van der Waals surface area contributed by atoms with Crippen molar-refractivity contribution < 1.29 is 42.7 Å². The van der Waals surface area contributed by atoms with E-state index in [0.29, 0.717) is 39.3 Å². The fraction of sp³-hybridized carbons (Fsp3) is 0.333. The number of benzene rings is 5. The lowest BCUT2D eigenvalue weighted by Gasteiger charge is -2.46. The normalized spacial score (nSPS) is 19.5. The average Bonchev–Trinajstić information content (AvgIpc) is 3.28. The smallest absolute Gasteiger partial charge is 0.408 e. The number of amides is 1. The Bertz CT molecular complexity index is 1900. The summed E-state index contributed by atoms with van der Waals surface area (Å²) in [6.07, 6.45) is -2.22. The fourth-order valence-electron chi connectivity index (χ4n) is 6.94. The topological polar surface area (TPSA) is 111 Å². The van der Waals surface area contributed by atoms with E-state index in [2.05, 4.69) is 5.32 Å². The van der Waals surface area contributed by atoms with Crippen LogP contribution in [-0.4, -0.2) is 62.3 Å². The van der Waals surface area contributed by atoms with E-state index >= 15 is 0 Å². The second-order valence-corrected chi connectivity index (χ2v) is 14.2. The third kappa shape index (κ3) is 13.4. The molecule has 0 bridgehead atoms. The van der Waals surface area contributed by atoms with Crippen LogP contribution in [0.2, 0.25) is 0 Å². The van der Waals surface area contributed by atoms with Gasteiger partial charge < -0.3 is 38.5 Å². The van der Waals surface area contributed by atoms with Crippen LogP contribution >= 0.6 is 0 Å². The van der Waals surface area contributed by atoms with Gasteiger partial charge >= 0.3 is 12.1 Å². The van der Waals surface area contributed by atoms with E-state index in [1.54, 1.807) is 0 Å². The molecule has 0 aromatic heterocycles. The number of methoxy groups -OCH3 is 1. The fourth-order valence-corrected chi connectivity index (χ4v) is 6.94. The van der Waals surface area contributed by atoms with Gasteiger partial charge in [0.25, 0.3) is 0 Å². The molecule has 5 aromatic rings. The lowest BCUT2D eigenvalue weighted by molar-refractivity contribution is -0.273. The molecule has 58 heavy (non-hydrogen) atoms. The zero-order valence-electron chi connectivity index (χ0n) is 32.9. The van der Waals surface area contributed by atoms with Crippen molar-refractivity contribution in [3.8, 4) is 0 Å². The zero-order valence-corrected chi connectivity index (χ0v) is 32.9. The predicted molar refractivity (Wildman–Crippen MR) is 219 cm³/mol. The van der Waals surface area contributed by atoms with Crippen LogP contribution in [0.4, 0.5) is 4.79 Å². The molecule has 5 aromatic carbocycles. The van der Waals surface area contributed by atoms with Gasteiger partial charge in [0.1, 0.15) is 37.1 Å². The van der Waals surface area contributed by atoms with Gasteiger partial charge in [-0.3, -0.25) is 0 Å². The molecular weight excluding hydrogens is 735 g/mol. The number of rotatable bonds is 21. The van der Waals surface area contributed by atoms with Crippen molar-refractivity contribution in [3.63, 3.8) is 0 Å². The maximum atomic E-state index is 12.9. The summed E-state index contributed by atoms with van der Waals surface area (Å²) < 4.78 is 44.2. The van der Waals surface area contributed by atoms with Crippen LogP contribution in [0.1, 0.15) is 47.1 Å². The molecule has 6 rings (SSSR count). The van der Waals surface area contributed by atoms with Gasteiger partial charge in [-0.1, -0.05) is 152 Å². The highest BCUT2D eigenvalue weighted by Gasteiger charge is 2.48. The van der Waals surface area contributed by atoms with Crippen molar-refractivity contribution in [1.82, 2.24) is 5.32 Å². The number of hydrogen-bond donors (Lipinski definition) is 1. The molecule has 1 aliphatic heterocycles. The summed E-state index contributed by atoms with van der Waals surface area (Å²) in [5, 5.41) is 2.70. The summed E-state index contributed by atoms with van der Waals surface area (Å²) in [7, 11) is 1.30. The second kappa shape index (κ2) is 23.1. The lowest BCUT2D eigenvalue weighted by atomic mass is 9.91. The van der Waals surface area contributed by atoms with Crippen LogP contribution < -0.4 is 5.32 Å². The number of esters is 1. The van der Waals surface area contributed by atoms with Gasteiger partial charge in [0.05, 0.1) is 46.2 Å². The molecule has 1 fully saturated rings. The first-order valence-corrected chi connectivity index (χ1v) is 19.8. The number of nitrogens with one attached hydrogen (secondary N) is 1. The van der Waals surface area contributed by atoms with Crippen LogP contribution in [-0.2, 0) is 71.0 Å². The second-order valence-electron chi connectivity index (χ2n) is 14.2. The molecule has 1 saturated heterocycles. The number of hydrogen-bond acceptors (Lipinski definition) is 9. The quantitative estimate of drug-likeness (QED) is 0.0734. The average molecular weight is 788 g/mol. The van der Waals surface area contributed by atoms with E-state index < -0.39 is 48.6 Å². The van der Waals surface area contributed by atoms with Crippen LogP contribution in [0, 0.1) is 0 Å². The van der Waals surface area contributed by atoms with E-state index in [1.165, 1.54) is 7.11 Å². The van der Waals surface area contributed by atoms with Crippen LogP contribution in [0.15, 0.2) is 152 Å². The molecule has 0 radical (unpaired) electrons. The molecule has 0 unspecified atom stereocenters. The molecule has 0 spiro atoms. The standard InChI is InChI=1S/C48H53NO9/c1-52-47(50)41(49-48(51)57-34-40-26-15-6-16-27-40)28-17-29-42-44(54-31-37-20-9-3-10-21-37)46(56-33-39-24-13-5-14-25-39)45(55-32-38-22-11-4-12-23-38)43(58-42)35-53-30-36-18-7-2-8-19-36/h2-16,18-27,41-46H,17,28-35H2,1H3,(H,49,51)/t41-,42+,43+,44-,45+,46+/m0/s1. The van der Waals surface area contributed by atoms with E-state index in [-0.39, 0.29) is 19.6 Å². The minimum absolute atomic E-state index is 0.0719. The van der Waals surface area contributed by atoms with Crippen LogP contribution in [0.3, 0.4) is 0 Å². The van der Waals surface area contributed by atoms with E-state index in [4.69, 9.17) is 33.2 Å². The van der Waals surface area contributed by atoms with Crippen molar-refractivity contribution >= 4 is 12.1 Å². The molecule has 304 valence electrons. The van der Waals surface area contributed by atoms with Gasteiger partial charge in [0.2, 0.25) is 0 Å². The summed E-state index contributed by atoms with van der Waals surface area (Å²) >= 11 is 0. The minimum Gasteiger partial charge on any atom is -0.467 e. The van der Waals surface area contributed by atoms with Crippen molar-refractivity contribution in [1.29, 1.82) is 0 Å². The van der Waals surface area contributed by atoms with Gasteiger partial charge in [-0.15, -0.1) is 0 Å². The summed E-state index contributed by atoms with van der Waals surface area (Å²) in [6.45, 7) is 1.68. The first kappa shape index (κ1) is 42.3. The van der Waals surface area contributed by atoms with Gasteiger partial charge in [-0.25, -0.2) is 9.59 Å². The Labute approximate surface area is 341 Å². The molecule has 0 aliphatic carbocycles. The molecule has 1 aliphatic rings. The summed E-state index contributed by atoms with van der Waals surface area (Å²) in [4.78, 5) is 25.7. The number of ether oxygens (including phenoxy) is 7.